The Morgan fingerprint density at radius 1 is 0.905 bits per heavy atom. The SMILES string of the molecule is OC1(C(I)=CC(F)(F)C(F)(F)C(F)(F)C(F)(F)F)CCC1. The van der Waals surface area contributed by atoms with Crippen LogP contribution >= 0.6 is 22.6 Å². The average Bonchev–Trinajstić information content (AvgIpc) is 2.22. The first kappa shape index (κ1) is 18.8. The molecule has 1 aliphatic carbocycles. The first-order valence-corrected chi connectivity index (χ1v) is 6.48. The molecule has 0 atom stereocenters. The van der Waals surface area contributed by atoms with Gasteiger partial charge in [-0.25, -0.2) is 0 Å². The lowest BCUT2D eigenvalue weighted by Gasteiger charge is -2.38. The number of aliphatic hydroxyl groups is 1. The van der Waals surface area contributed by atoms with Gasteiger partial charge in [0.15, 0.2) is 0 Å². The van der Waals surface area contributed by atoms with E-state index in [0.717, 1.165) is 22.6 Å². The van der Waals surface area contributed by atoms with Gasteiger partial charge in [-0.3, -0.25) is 0 Å². The van der Waals surface area contributed by atoms with Gasteiger partial charge in [-0.2, -0.15) is 39.5 Å². The molecule has 1 aliphatic rings. The summed E-state index contributed by atoms with van der Waals surface area (Å²) in [7, 11) is 0. The highest BCUT2D eigenvalue weighted by molar-refractivity contribution is 14.1. The Balaban J connectivity index is 3.19. The van der Waals surface area contributed by atoms with E-state index in [1.54, 1.807) is 0 Å². The quantitative estimate of drug-likeness (QED) is 0.495. The summed E-state index contributed by atoms with van der Waals surface area (Å²) in [5.74, 6) is -19.4. The summed E-state index contributed by atoms with van der Waals surface area (Å²) < 4.78 is 113. The van der Waals surface area contributed by atoms with Crippen molar-refractivity contribution < 1.29 is 44.6 Å². The maximum absolute atomic E-state index is 13.2. The summed E-state index contributed by atoms with van der Waals surface area (Å²) in [6, 6.07) is 0. The van der Waals surface area contributed by atoms with E-state index in [0.29, 0.717) is 6.42 Å². The minimum atomic E-state index is -6.92. The number of hydrogen-bond donors (Lipinski definition) is 1. The third-order valence-corrected chi connectivity index (χ3v) is 4.42. The highest BCUT2D eigenvalue weighted by atomic mass is 127. The molecule has 1 fully saturated rings. The molecule has 0 aromatic carbocycles. The van der Waals surface area contributed by atoms with Gasteiger partial charge in [-0.15, -0.1) is 0 Å². The zero-order valence-electron chi connectivity index (χ0n) is 9.93. The van der Waals surface area contributed by atoms with E-state index in [-0.39, 0.29) is 12.8 Å². The lowest BCUT2D eigenvalue weighted by Crippen LogP contribution is -2.60. The zero-order chi connectivity index (χ0) is 16.9. The summed E-state index contributed by atoms with van der Waals surface area (Å²) in [6.45, 7) is 0. The molecule has 0 saturated heterocycles. The van der Waals surface area contributed by atoms with Crippen LogP contribution in [0.1, 0.15) is 19.3 Å². The Morgan fingerprint density at radius 2 is 1.33 bits per heavy atom. The van der Waals surface area contributed by atoms with Crippen molar-refractivity contribution in [2.75, 3.05) is 0 Å². The number of hydrogen-bond acceptors (Lipinski definition) is 1. The summed E-state index contributed by atoms with van der Waals surface area (Å²) >= 11 is 1.02. The Kier molecular flexibility index (Phi) is 4.64. The maximum atomic E-state index is 13.2. The van der Waals surface area contributed by atoms with E-state index >= 15 is 0 Å². The second-order valence-electron chi connectivity index (χ2n) is 4.65. The van der Waals surface area contributed by atoms with Crippen molar-refractivity contribution in [1.29, 1.82) is 0 Å². The Labute approximate surface area is 126 Å². The third-order valence-electron chi connectivity index (χ3n) is 3.10. The summed E-state index contributed by atoms with van der Waals surface area (Å²) in [6.07, 6.45) is -7.32. The highest BCUT2D eigenvalue weighted by Gasteiger charge is 2.81. The molecule has 0 amide bonds. The van der Waals surface area contributed by atoms with Gasteiger partial charge in [-0.05, 0) is 41.9 Å². The monoisotopic (exact) mass is 442 g/mol. The standard InChI is InChI=1S/C10H8F9IO/c11-7(12,4-5(20)6(21)2-1-3-6)8(13,14)9(15,16)10(17,18)19/h4,21H,1-3H2. The van der Waals surface area contributed by atoms with E-state index in [2.05, 4.69) is 0 Å². The zero-order valence-corrected chi connectivity index (χ0v) is 12.1. The largest absolute Gasteiger partial charge is 0.460 e. The maximum Gasteiger partial charge on any atom is 0.460 e. The van der Waals surface area contributed by atoms with Gasteiger partial charge in [0.2, 0.25) is 0 Å². The first-order valence-electron chi connectivity index (χ1n) is 5.40. The van der Waals surface area contributed by atoms with Crippen molar-refractivity contribution >= 4 is 22.6 Å². The van der Waals surface area contributed by atoms with Crippen LogP contribution in [-0.4, -0.2) is 34.7 Å². The topological polar surface area (TPSA) is 20.2 Å². The van der Waals surface area contributed by atoms with Crippen LogP contribution in [0, 0.1) is 0 Å². The smallest absolute Gasteiger partial charge is 0.385 e. The van der Waals surface area contributed by atoms with Crippen molar-refractivity contribution in [1.82, 2.24) is 0 Å². The molecule has 0 aromatic heterocycles. The Morgan fingerprint density at radius 3 is 1.62 bits per heavy atom. The van der Waals surface area contributed by atoms with Gasteiger partial charge in [0, 0.05) is 9.66 Å². The molecule has 0 heterocycles. The van der Waals surface area contributed by atoms with Gasteiger partial charge in [-0.1, -0.05) is 0 Å². The van der Waals surface area contributed by atoms with Crippen LogP contribution in [0.4, 0.5) is 39.5 Å². The fourth-order valence-corrected chi connectivity index (χ4v) is 2.45. The molecule has 0 radical (unpaired) electrons. The molecule has 0 bridgehead atoms. The molecule has 1 saturated carbocycles. The van der Waals surface area contributed by atoms with Crippen molar-refractivity contribution in [3.05, 3.63) is 9.66 Å². The van der Waals surface area contributed by atoms with Crippen LogP contribution in [0.3, 0.4) is 0 Å². The van der Waals surface area contributed by atoms with E-state index in [9.17, 15) is 44.6 Å². The first-order chi connectivity index (χ1) is 9.08. The molecule has 11 heteroatoms. The van der Waals surface area contributed by atoms with Crippen LogP contribution in [-0.2, 0) is 0 Å². The normalized spacial score (nSPS) is 21.2. The average molecular weight is 442 g/mol. The van der Waals surface area contributed by atoms with E-state index in [1.165, 1.54) is 0 Å². The van der Waals surface area contributed by atoms with Crippen LogP contribution in [0.2, 0.25) is 0 Å². The number of alkyl halides is 9. The van der Waals surface area contributed by atoms with Crippen molar-refractivity contribution in [2.24, 2.45) is 0 Å². The molecule has 1 nitrogen and oxygen atoms in total. The predicted molar refractivity (Wildman–Crippen MR) is 61.8 cm³/mol. The van der Waals surface area contributed by atoms with Crippen molar-refractivity contribution in [2.45, 2.75) is 48.8 Å². The summed E-state index contributed by atoms with van der Waals surface area (Å²) in [5, 5.41) is 9.61. The highest BCUT2D eigenvalue weighted by Crippen LogP contribution is 2.54. The van der Waals surface area contributed by atoms with E-state index < -0.39 is 39.2 Å². The molecule has 124 valence electrons. The Bertz CT molecular complexity index is 436. The second-order valence-corrected chi connectivity index (χ2v) is 5.81. The minimum absolute atomic E-state index is 0.0703. The van der Waals surface area contributed by atoms with E-state index in [1.807, 2.05) is 0 Å². The fourth-order valence-electron chi connectivity index (χ4n) is 1.52. The molecular weight excluding hydrogens is 434 g/mol. The van der Waals surface area contributed by atoms with Gasteiger partial charge in [0.25, 0.3) is 0 Å². The lowest BCUT2D eigenvalue weighted by molar-refractivity contribution is -0.388. The summed E-state index contributed by atoms with van der Waals surface area (Å²) in [5.41, 5.74) is -1.88. The molecule has 0 aromatic rings. The molecule has 1 rings (SSSR count). The lowest BCUT2D eigenvalue weighted by atomic mass is 9.79. The Hall–Kier alpha value is -0.200. The summed E-state index contributed by atoms with van der Waals surface area (Å²) in [4.78, 5) is 0. The number of halogens is 10. The molecule has 0 unspecified atom stereocenters. The predicted octanol–water partition coefficient (Wildman–Crippen LogP) is 4.69. The fraction of sp³-hybridized carbons (Fsp3) is 0.800. The van der Waals surface area contributed by atoms with Gasteiger partial charge in [0.05, 0.1) is 5.60 Å². The molecule has 1 N–H and O–H groups in total. The van der Waals surface area contributed by atoms with Crippen LogP contribution in [0.25, 0.3) is 0 Å². The van der Waals surface area contributed by atoms with Crippen LogP contribution in [0.15, 0.2) is 9.66 Å². The van der Waals surface area contributed by atoms with Gasteiger partial charge < -0.3 is 5.11 Å². The van der Waals surface area contributed by atoms with Gasteiger partial charge in [0.1, 0.15) is 0 Å². The van der Waals surface area contributed by atoms with Crippen molar-refractivity contribution in [3.63, 3.8) is 0 Å². The third kappa shape index (κ3) is 2.99. The van der Waals surface area contributed by atoms with E-state index in [4.69, 9.17) is 0 Å². The van der Waals surface area contributed by atoms with Crippen LogP contribution in [0.5, 0.6) is 0 Å². The van der Waals surface area contributed by atoms with Gasteiger partial charge >= 0.3 is 23.9 Å². The van der Waals surface area contributed by atoms with Crippen molar-refractivity contribution in [3.8, 4) is 0 Å². The molecule has 21 heavy (non-hydrogen) atoms. The molecular formula is C10H8F9IO. The second kappa shape index (κ2) is 5.17. The minimum Gasteiger partial charge on any atom is -0.385 e. The number of rotatable bonds is 4. The molecule has 0 spiro atoms. The number of allylic oxidation sites excluding steroid dienone is 1. The van der Waals surface area contributed by atoms with Crippen LogP contribution < -0.4 is 0 Å². The molecule has 0 aliphatic heterocycles.